The number of rotatable bonds is 4. The van der Waals surface area contributed by atoms with Gasteiger partial charge in [-0.25, -0.2) is 0 Å². The number of hydrogen-bond donors (Lipinski definition) is 2. The van der Waals surface area contributed by atoms with Crippen LogP contribution in [0.2, 0.25) is 0 Å². The van der Waals surface area contributed by atoms with E-state index in [1.54, 1.807) is 19.1 Å². The molecule has 24 heavy (non-hydrogen) atoms. The summed E-state index contributed by atoms with van der Waals surface area (Å²) in [7, 11) is 0. The van der Waals surface area contributed by atoms with Crippen LogP contribution in [0.4, 0.5) is 0 Å². The Labute approximate surface area is 141 Å². The van der Waals surface area contributed by atoms with Crippen molar-refractivity contribution in [3.63, 3.8) is 0 Å². The summed E-state index contributed by atoms with van der Waals surface area (Å²) >= 11 is 0. The van der Waals surface area contributed by atoms with Gasteiger partial charge in [-0.3, -0.25) is 14.5 Å². The van der Waals surface area contributed by atoms with E-state index < -0.39 is 0 Å². The van der Waals surface area contributed by atoms with E-state index in [0.717, 1.165) is 25.2 Å². The molecule has 1 aromatic heterocycles. The van der Waals surface area contributed by atoms with E-state index in [0.29, 0.717) is 6.54 Å². The zero-order valence-electron chi connectivity index (χ0n) is 14.1. The fourth-order valence-corrected chi connectivity index (χ4v) is 3.11. The van der Waals surface area contributed by atoms with E-state index in [4.69, 9.17) is 0 Å². The van der Waals surface area contributed by atoms with Crippen molar-refractivity contribution in [1.82, 2.24) is 15.2 Å². The van der Waals surface area contributed by atoms with Crippen LogP contribution >= 0.6 is 0 Å². The maximum absolute atomic E-state index is 12.2. The smallest absolute Gasteiger partial charge is 0.260 e. The number of carbonyl (C=O) groups is 1. The lowest BCUT2D eigenvalue weighted by Crippen LogP contribution is -2.45. The molecule has 0 unspecified atom stereocenters. The largest absolute Gasteiger partial charge is 0.350 e. The molecule has 0 fully saturated rings. The number of fused-ring (bicyclic) bond motifs is 1. The molecule has 0 aliphatic carbocycles. The van der Waals surface area contributed by atoms with Crippen LogP contribution in [0, 0.1) is 6.92 Å². The van der Waals surface area contributed by atoms with E-state index in [-0.39, 0.29) is 23.1 Å². The SMILES string of the molecule is Cc1ccc(C(=O)NC[C@H](C)N2CCc3ccccc3C2)c(=O)[nH]1. The molecule has 1 aromatic carbocycles. The second-order valence-corrected chi connectivity index (χ2v) is 6.43. The molecule has 0 saturated heterocycles. The van der Waals surface area contributed by atoms with Gasteiger partial charge in [0.1, 0.15) is 5.56 Å². The average Bonchev–Trinajstić information content (AvgIpc) is 2.59. The van der Waals surface area contributed by atoms with Gasteiger partial charge in [-0.05, 0) is 43.5 Å². The van der Waals surface area contributed by atoms with Crippen molar-refractivity contribution in [2.24, 2.45) is 0 Å². The van der Waals surface area contributed by atoms with Gasteiger partial charge in [0.15, 0.2) is 0 Å². The minimum atomic E-state index is -0.341. The van der Waals surface area contributed by atoms with Crippen LogP contribution in [0.3, 0.4) is 0 Å². The Morgan fingerprint density at radius 2 is 2.00 bits per heavy atom. The first-order valence-electron chi connectivity index (χ1n) is 8.33. The number of amides is 1. The Kier molecular flexibility index (Phi) is 4.81. The number of benzene rings is 1. The molecule has 126 valence electrons. The van der Waals surface area contributed by atoms with Crippen LogP contribution in [0.25, 0.3) is 0 Å². The quantitative estimate of drug-likeness (QED) is 0.902. The first kappa shape index (κ1) is 16.5. The molecule has 0 saturated carbocycles. The molecule has 1 aliphatic rings. The Bertz CT molecular complexity index is 797. The molecule has 5 heteroatoms. The lowest BCUT2D eigenvalue weighted by molar-refractivity contribution is 0.0931. The third-order valence-corrected chi connectivity index (χ3v) is 4.64. The standard InChI is InChI=1S/C19H23N3O2/c1-13-7-8-17(19(24)21-13)18(23)20-11-14(2)22-10-9-15-5-3-4-6-16(15)12-22/h3-8,14H,9-12H2,1-2H3,(H,20,23)(H,21,24)/t14-/m0/s1. The maximum Gasteiger partial charge on any atom is 0.260 e. The highest BCUT2D eigenvalue weighted by atomic mass is 16.2. The Morgan fingerprint density at radius 1 is 1.25 bits per heavy atom. The van der Waals surface area contributed by atoms with Crippen LogP contribution in [0.1, 0.15) is 34.1 Å². The number of nitrogens with one attached hydrogen (secondary N) is 2. The van der Waals surface area contributed by atoms with Crippen molar-refractivity contribution in [3.8, 4) is 0 Å². The minimum absolute atomic E-state index is 0.164. The Balaban J connectivity index is 1.59. The van der Waals surface area contributed by atoms with Crippen LogP contribution in [-0.2, 0) is 13.0 Å². The highest BCUT2D eigenvalue weighted by molar-refractivity contribution is 5.93. The summed E-state index contributed by atoms with van der Waals surface area (Å²) in [6, 6.07) is 12.0. The summed E-state index contributed by atoms with van der Waals surface area (Å²) < 4.78 is 0. The van der Waals surface area contributed by atoms with Crippen molar-refractivity contribution in [2.75, 3.05) is 13.1 Å². The Hall–Kier alpha value is -2.40. The summed E-state index contributed by atoms with van der Waals surface area (Å²) in [6.45, 7) is 6.30. The molecule has 1 aliphatic heterocycles. The van der Waals surface area contributed by atoms with Crippen molar-refractivity contribution >= 4 is 5.91 Å². The molecular formula is C19H23N3O2. The summed E-state index contributed by atoms with van der Waals surface area (Å²) in [5.74, 6) is -0.319. The molecule has 5 nitrogen and oxygen atoms in total. The molecular weight excluding hydrogens is 302 g/mol. The second-order valence-electron chi connectivity index (χ2n) is 6.43. The molecule has 0 bridgehead atoms. The number of aryl methyl sites for hydroxylation is 1. The highest BCUT2D eigenvalue weighted by Gasteiger charge is 2.21. The van der Waals surface area contributed by atoms with Gasteiger partial charge in [0.25, 0.3) is 11.5 Å². The maximum atomic E-state index is 12.2. The molecule has 0 radical (unpaired) electrons. The summed E-state index contributed by atoms with van der Waals surface area (Å²) in [4.78, 5) is 29.1. The van der Waals surface area contributed by atoms with Crippen molar-refractivity contribution in [1.29, 1.82) is 0 Å². The Morgan fingerprint density at radius 3 is 2.75 bits per heavy atom. The van der Waals surface area contributed by atoms with E-state index in [2.05, 4.69) is 46.4 Å². The molecule has 2 heterocycles. The normalized spacial score (nSPS) is 15.6. The van der Waals surface area contributed by atoms with Crippen LogP contribution in [0.5, 0.6) is 0 Å². The number of hydrogen-bond acceptors (Lipinski definition) is 3. The van der Waals surface area contributed by atoms with Gasteiger partial charge in [-0.1, -0.05) is 24.3 Å². The predicted molar refractivity (Wildman–Crippen MR) is 94.2 cm³/mol. The third kappa shape index (κ3) is 3.57. The second kappa shape index (κ2) is 7.01. The van der Waals surface area contributed by atoms with Crippen LogP contribution in [0.15, 0.2) is 41.2 Å². The molecule has 3 rings (SSSR count). The molecule has 2 N–H and O–H groups in total. The predicted octanol–water partition coefficient (Wildman–Crippen LogP) is 1.86. The van der Waals surface area contributed by atoms with Crippen molar-refractivity contribution in [3.05, 3.63) is 69.1 Å². The fourth-order valence-electron chi connectivity index (χ4n) is 3.11. The number of pyridine rings is 1. The number of nitrogens with zero attached hydrogens (tertiary/aromatic N) is 1. The topological polar surface area (TPSA) is 65.2 Å². The van der Waals surface area contributed by atoms with Crippen LogP contribution in [-0.4, -0.2) is 34.9 Å². The number of H-pyrrole nitrogens is 1. The van der Waals surface area contributed by atoms with Gasteiger partial charge in [-0.2, -0.15) is 0 Å². The van der Waals surface area contributed by atoms with Gasteiger partial charge in [-0.15, -0.1) is 0 Å². The summed E-state index contributed by atoms with van der Waals surface area (Å²) in [6.07, 6.45) is 1.03. The average molecular weight is 325 g/mol. The van der Waals surface area contributed by atoms with Gasteiger partial charge in [0, 0.05) is 31.4 Å². The monoisotopic (exact) mass is 325 g/mol. The number of aromatic nitrogens is 1. The lowest BCUT2D eigenvalue weighted by atomic mass is 9.99. The van der Waals surface area contributed by atoms with Gasteiger partial charge < -0.3 is 10.3 Å². The summed E-state index contributed by atoms with van der Waals surface area (Å²) in [5.41, 5.74) is 3.34. The highest BCUT2D eigenvalue weighted by Crippen LogP contribution is 2.19. The first-order valence-corrected chi connectivity index (χ1v) is 8.33. The van der Waals surface area contributed by atoms with Crippen molar-refractivity contribution in [2.45, 2.75) is 32.9 Å². The zero-order chi connectivity index (χ0) is 17.1. The van der Waals surface area contributed by atoms with Crippen molar-refractivity contribution < 1.29 is 4.79 Å². The van der Waals surface area contributed by atoms with E-state index in [1.807, 2.05) is 0 Å². The summed E-state index contributed by atoms with van der Waals surface area (Å²) in [5, 5.41) is 2.88. The minimum Gasteiger partial charge on any atom is -0.350 e. The molecule has 2 aromatic rings. The molecule has 1 atom stereocenters. The third-order valence-electron chi connectivity index (χ3n) is 4.64. The van der Waals surface area contributed by atoms with Gasteiger partial charge >= 0.3 is 0 Å². The first-order chi connectivity index (χ1) is 11.5. The zero-order valence-corrected chi connectivity index (χ0v) is 14.1. The van der Waals surface area contributed by atoms with E-state index in [9.17, 15) is 9.59 Å². The van der Waals surface area contributed by atoms with Gasteiger partial charge in [0.05, 0.1) is 0 Å². The van der Waals surface area contributed by atoms with Gasteiger partial charge in [0.2, 0.25) is 0 Å². The van der Waals surface area contributed by atoms with Crippen LogP contribution < -0.4 is 10.9 Å². The number of aromatic amines is 1. The van der Waals surface area contributed by atoms with E-state index >= 15 is 0 Å². The van der Waals surface area contributed by atoms with E-state index in [1.165, 1.54) is 11.1 Å². The fraction of sp³-hybridized carbons (Fsp3) is 0.368. The lowest BCUT2D eigenvalue weighted by Gasteiger charge is -2.33. The number of carbonyl (C=O) groups excluding carboxylic acids is 1. The molecule has 1 amide bonds. The molecule has 0 spiro atoms.